The average Bonchev–Trinajstić information content (AvgIpc) is 2.15. The van der Waals surface area contributed by atoms with Crippen molar-refractivity contribution in [1.82, 2.24) is 4.98 Å². The zero-order valence-corrected chi connectivity index (χ0v) is 7.55. The van der Waals surface area contributed by atoms with E-state index in [4.69, 9.17) is 10.8 Å². The first kappa shape index (κ1) is 11.8. The van der Waals surface area contributed by atoms with Gasteiger partial charge in [-0.05, 0) is 0 Å². The summed E-state index contributed by atoms with van der Waals surface area (Å²) in [7, 11) is 0. The van der Waals surface area contributed by atoms with Gasteiger partial charge in [0.05, 0.1) is 11.1 Å². The SMILES string of the molecule is NC(=O)c1ncc(O)c([N+](=O)[O-])c1C(F)F. The fourth-order valence-corrected chi connectivity index (χ4v) is 1.10. The summed E-state index contributed by atoms with van der Waals surface area (Å²) < 4.78 is 25.1. The topological polar surface area (TPSA) is 119 Å². The van der Waals surface area contributed by atoms with Gasteiger partial charge in [-0.3, -0.25) is 14.9 Å². The van der Waals surface area contributed by atoms with Gasteiger partial charge in [0.1, 0.15) is 11.3 Å². The van der Waals surface area contributed by atoms with Crippen LogP contribution in [-0.4, -0.2) is 20.9 Å². The number of rotatable bonds is 3. The Morgan fingerprint density at radius 3 is 2.56 bits per heavy atom. The summed E-state index contributed by atoms with van der Waals surface area (Å²) in [6.07, 6.45) is -2.83. The number of nitro groups is 1. The maximum absolute atomic E-state index is 12.5. The zero-order valence-electron chi connectivity index (χ0n) is 7.55. The molecule has 0 saturated heterocycles. The van der Waals surface area contributed by atoms with E-state index in [2.05, 4.69) is 4.98 Å². The van der Waals surface area contributed by atoms with Crippen molar-refractivity contribution in [3.63, 3.8) is 0 Å². The third-order valence-corrected chi connectivity index (χ3v) is 1.70. The molecular formula is C7H5F2N3O4. The molecule has 16 heavy (non-hydrogen) atoms. The first-order chi connectivity index (χ1) is 7.36. The molecule has 1 aromatic heterocycles. The molecule has 0 radical (unpaired) electrons. The Labute approximate surface area is 86.7 Å². The van der Waals surface area contributed by atoms with Crippen molar-refractivity contribution in [1.29, 1.82) is 0 Å². The van der Waals surface area contributed by atoms with Crippen LogP contribution in [0.3, 0.4) is 0 Å². The summed E-state index contributed by atoms with van der Waals surface area (Å²) >= 11 is 0. The van der Waals surface area contributed by atoms with Gasteiger partial charge in [0, 0.05) is 0 Å². The van der Waals surface area contributed by atoms with Crippen LogP contribution in [0.4, 0.5) is 14.5 Å². The molecule has 3 N–H and O–H groups in total. The summed E-state index contributed by atoms with van der Waals surface area (Å²) in [5.41, 5.74) is 1.26. The number of halogens is 2. The van der Waals surface area contributed by atoms with E-state index >= 15 is 0 Å². The molecule has 0 aromatic carbocycles. The fraction of sp³-hybridized carbons (Fsp3) is 0.143. The minimum Gasteiger partial charge on any atom is -0.501 e. The first-order valence-electron chi connectivity index (χ1n) is 3.80. The highest BCUT2D eigenvalue weighted by Crippen LogP contribution is 2.36. The predicted molar refractivity (Wildman–Crippen MR) is 46.0 cm³/mol. The molecule has 7 nitrogen and oxygen atoms in total. The lowest BCUT2D eigenvalue weighted by atomic mass is 10.1. The normalized spacial score (nSPS) is 10.4. The molecule has 0 unspecified atom stereocenters. The Morgan fingerprint density at radius 2 is 2.19 bits per heavy atom. The van der Waals surface area contributed by atoms with Crippen molar-refractivity contribution >= 4 is 11.6 Å². The van der Waals surface area contributed by atoms with Crippen LogP contribution in [0.5, 0.6) is 5.75 Å². The van der Waals surface area contributed by atoms with Crippen molar-refractivity contribution in [3.05, 3.63) is 27.6 Å². The molecular weight excluding hydrogens is 228 g/mol. The van der Waals surface area contributed by atoms with Crippen LogP contribution in [0.1, 0.15) is 22.5 Å². The second-order valence-corrected chi connectivity index (χ2v) is 2.68. The number of hydrogen-bond donors (Lipinski definition) is 2. The van der Waals surface area contributed by atoms with Gasteiger partial charge in [0.25, 0.3) is 12.3 Å². The monoisotopic (exact) mass is 233 g/mol. The molecule has 1 amide bonds. The fourth-order valence-electron chi connectivity index (χ4n) is 1.10. The van der Waals surface area contributed by atoms with Gasteiger partial charge in [-0.1, -0.05) is 0 Å². The molecule has 0 aliphatic carbocycles. The summed E-state index contributed by atoms with van der Waals surface area (Å²) in [4.78, 5) is 23.1. The van der Waals surface area contributed by atoms with Gasteiger partial charge in [-0.25, -0.2) is 13.8 Å². The molecule has 0 saturated carbocycles. The second-order valence-electron chi connectivity index (χ2n) is 2.68. The molecule has 0 aliphatic heterocycles. The van der Waals surface area contributed by atoms with Gasteiger partial charge in [0.2, 0.25) is 5.75 Å². The van der Waals surface area contributed by atoms with E-state index in [0.29, 0.717) is 6.20 Å². The maximum Gasteiger partial charge on any atom is 0.323 e. The van der Waals surface area contributed by atoms with Crippen molar-refractivity contribution in [3.8, 4) is 5.75 Å². The number of nitrogens with zero attached hydrogens (tertiary/aromatic N) is 2. The maximum atomic E-state index is 12.5. The molecule has 9 heteroatoms. The molecule has 0 spiro atoms. The number of hydrogen-bond acceptors (Lipinski definition) is 5. The number of amides is 1. The van der Waals surface area contributed by atoms with Gasteiger partial charge in [-0.2, -0.15) is 0 Å². The number of primary amides is 1. The largest absolute Gasteiger partial charge is 0.501 e. The van der Waals surface area contributed by atoms with Crippen molar-refractivity contribution < 1.29 is 23.6 Å². The van der Waals surface area contributed by atoms with Crippen molar-refractivity contribution in [2.75, 3.05) is 0 Å². The number of alkyl halides is 2. The molecule has 0 aliphatic rings. The van der Waals surface area contributed by atoms with Gasteiger partial charge in [-0.15, -0.1) is 0 Å². The quantitative estimate of drug-likeness (QED) is 0.589. The van der Waals surface area contributed by atoms with E-state index in [1.54, 1.807) is 0 Å². The molecule has 86 valence electrons. The Kier molecular flexibility index (Phi) is 2.97. The number of nitrogens with two attached hydrogens (primary N) is 1. The Morgan fingerprint density at radius 1 is 1.62 bits per heavy atom. The van der Waals surface area contributed by atoms with E-state index in [1.807, 2.05) is 0 Å². The lowest BCUT2D eigenvalue weighted by Gasteiger charge is -2.06. The number of aromatic hydroxyl groups is 1. The Hall–Kier alpha value is -2.32. The van der Waals surface area contributed by atoms with Gasteiger partial charge < -0.3 is 10.8 Å². The summed E-state index contributed by atoms with van der Waals surface area (Å²) in [5, 5.41) is 19.5. The molecule has 1 aromatic rings. The molecule has 0 fully saturated rings. The number of pyridine rings is 1. The standard InChI is InChI=1S/C7H5F2N3O4/c8-6(9)3-4(7(10)14)11-1-2(13)5(3)12(15)16/h1,6,13H,(H2,10,14). The highest BCUT2D eigenvalue weighted by Gasteiger charge is 2.32. The van der Waals surface area contributed by atoms with Gasteiger partial charge >= 0.3 is 5.69 Å². The van der Waals surface area contributed by atoms with Gasteiger partial charge in [0.15, 0.2) is 0 Å². The lowest BCUT2D eigenvalue weighted by Crippen LogP contribution is -2.17. The smallest absolute Gasteiger partial charge is 0.323 e. The van der Waals surface area contributed by atoms with Crippen LogP contribution >= 0.6 is 0 Å². The molecule has 0 bridgehead atoms. The van der Waals surface area contributed by atoms with E-state index in [9.17, 15) is 23.7 Å². The van der Waals surface area contributed by atoms with Crippen LogP contribution in [0, 0.1) is 10.1 Å². The van der Waals surface area contributed by atoms with Crippen molar-refractivity contribution in [2.24, 2.45) is 5.73 Å². The molecule has 1 heterocycles. The van der Waals surface area contributed by atoms with Crippen LogP contribution in [0.15, 0.2) is 6.20 Å². The predicted octanol–water partition coefficient (Wildman–Crippen LogP) is 0.732. The van der Waals surface area contributed by atoms with E-state index in [-0.39, 0.29) is 0 Å². The number of carbonyl (C=O) groups excluding carboxylic acids is 1. The Balaban J connectivity index is 3.63. The Bertz CT molecular complexity index is 463. The average molecular weight is 233 g/mol. The first-order valence-corrected chi connectivity index (χ1v) is 3.80. The minimum absolute atomic E-state index is 0.518. The van der Waals surface area contributed by atoms with E-state index < -0.39 is 40.0 Å². The highest BCUT2D eigenvalue weighted by atomic mass is 19.3. The molecule has 1 rings (SSSR count). The summed E-state index contributed by atoms with van der Waals surface area (Å²) in [6.45, 7) is 0. The third-order valence-electron chi connectivity index (χ3n) is 1.70. The number of aromatic nitrogens is 1. The summed E-state index contributed by atoms with van der Waals surface area (Å²) in [6, 6.07) is 0. The van der Waals surface area contributed by atoms with E-state index in [1.165, 1.54) is 0 Å². The minimum atomic E-state index is -3.34. The third kappa shape index (κ3) is 1.87. The second kappa shape index (κ2) is 4.04. The van der Waals surface area contributed by atoms with Crippen molar-refractivity contribution in [2.45, 2.75) is 6.43 Å². The van der Waals surface area contributed by atoms with Crippen LogP contribution < -0.4 is 5.73 Å². The van der Waals surface area contributed by atoms with Crippen LogP contribution in [0.2, 0.25) is 0 Å². The van der Waals surface area contributed by atoms with Crippen LogP contribution in [-0.2, 0) is 0 Å². The highest BCUT2D eigenvalue weighted by molar-refractivity contribution is 5.93. The van der Waals surface area contributed by atoms with E-state index in [0.717, 1.165) is 0 Å². The number of carbonyl (C=O) groups is 1. The van der Waals surface area contributed by atoms with Crippen LogP contribution in [0.25, 0.3) is 0 Å². The lowest BCUT2D eigenvalue weighted by molar-refractivity contribution is -0.387. The molecule has 0 atom stereocenters. The summed E-state index contributed by atoms with van der Waals surface area (Å²) in [5.74, 6) is -2.39. The zero-order chi connectivity index (χ0) is 12.5.